The monoisotopic (exact) mass is 379 g/mol. The molecular formula is C23H25NO4. The topological polar surface area (TPSA) is 72.5 Å². The third-order valence-electron chi connectivity index (χ3n) is 5.11. The van der Waals surface area contributed by atoms with Crippen LogP contribution < -0.4 is 10.1 Å². The van der Waals surface area contributed by atoms with E-state index in [-0.39, 0.29) is 36.9 Å². The highest BCUT2D eigenvalue weighted by molar-refractivity contribution is 6.00. The lowest BCUT2D eigenvalue weighted by Gasteiger charge is -2.16. The first-order valence-electron chi connectivity index (χ1n) is 9.66. The molecule has 1 aliphatic carbocycles. The zero-order chi connectivity index (χ0) is 19.9. The predicted molar refractivity (Wildman–Crippen MR) is 107 cm³/mol. The van der Waals surface area contributed by atoms with Crippen LogP contribution >= 0.6 is 0 Å². The summed E-state index contributed by atoms with van der Waals surface area (Å²) < 4.78 is 5.06. The van der Waals surface area contributed by atoms with Gasteiger partial charge in [0.05, 0.1) is 13.7 Å². The molecule has 5 nitrogen and oxygen atoms in total. The number of ether oxygens (including phenoxy) is 1. The number of Topliss-reactive ketones (excluding diaryl/α,β-unsaturated/α-hetero) is 2. The van der Waals surface area contributed by atoms with E-state index < -0.39 is 0 Å². The van der Waals surface area contributed by atoms with Gasteiger partial charge in [-0.3, -0.25) is 14.4 Å². The number of hydrogen-bond donors (Lipinski definition) is 1. The summed E-state index contributed by atoms with van der Waals surface area (Å²) in [6, 6.07) is 12.6. The van der Waals surface area contributed by atoms with Gasteiger partial charge in [0.2, 0.25) is 5.91 Å². The molecule has 5 heteroatoms. The first-order valence-corrected chi connectivity index (χ1v) is 9.66. The predicted octanol–water partition coefficient (Wildman–Crippen LogP) is 3.54. The summed E-state index contributed by atoms with van der Waals surface area (Å²) in [6.07, 6.45) is 4.68. The molecule has 2 aromatic rings. The molecule has 0 saturated heterocycles. The number of nitrogens with one attached hydrogen (secondary N) is 1. The van der Waals surface area contributed by atoms with E-state index in [9.17, 15) is 14.4 Å². The van der Waals surface area contributed by atoms with Crippen molar-refractivity contribution in [1.82, 2.24) is 5.32 Å². The summed E-state index contributed by atoms with van der Waals surface area (Å²) in [7, 11) is 1.56. The fourth-order valence-electron chi connectivity index (χ4n) is 3.42. The number of rotatable bonds is 8. The molecule has 1 aliphatic rings. The van der Waals surface area contributed by atoms with Crippen LogP contribution in [0.1, 0.15) is 57.5 Å². The molecule has 0 aromatic heterocycles. The summed E-state index contributed by atoms with van der Waals surface area (Å²) in [5.74, 6) is 0.150. The Balaban J connectivity index is 1.45. The van der Waals surface area contributed by atoms with E-state index >= 15 is 0 Å². The number of carbonyl (C=O) groups excluding carboxylic acids is 3. The van der Waals surface area contributed by atoms with Crippen LogP contribution in [0.5, 0.6) is 5.75 Å². The SMILES string of the molecule is COc1ccc(C(=O)CNC(=O)CCC(=O)c2ccc3c(c2)CCCC3)cc1. The van der Waals surface area contributed by atoms with Crippen LogP contribution in [0, 0.1) is 0 Å². The molecule has 0 heterocycles. The molecule has 28 heavy (non-hydrogen) atoms. The molecule has 3 rings (SSSR count). The first kappa shape index (κ1) is 19.8. The second-order valence-electron chi connectivity index (χ2n) is 7.04. The molecule has 1 amide bonds. The van der Waals surface area contributed by atoms with Crippen LogP contribution in [0.25, 0.3) is 0 Å². The van der Waals surface area contributed by atoms with Crippen molar-refractivity contribution in [3.63, 3.8) is 0 Å². The van der Waals surface area contributed by atoms with Crippen molar-refractivity contribution in [2.75, 3.05) is 13.7 Å². The van der Waals surface area contributed by atoms with Gasteiger partial charge < -0.3 is 10.1 Å². The van der Waals surface area contributed by atoms with Gasteiger partial charge in [-0.1, -0.05) is 12.1 Å². The van der Waals surface area contributed by atoms with Gasteiger partial charge in [0, 0.05) is 24.0 Å². The highest BCUT2D eigenvalue weighted by Crippen LogP contribution is 2.23. The standard InChI is InChI=1S/C23H25NO4/c1-28-20-10-8-17(9-11-20)22(26)15-24-23(27)13-12-21(25)19-7-6-16-4-2-3-5-18(16)14-19/h6-11,14H,2-5,12-13,15H2,1H3,(H,24,27). The summed E-state index contributed by atoms with van der Waals surface area (Å²) in [5.41, 5.74) is 3.76. The molecule has 0 aliphatic heterocycles. The van der Waals surface area contributed by atoms with Gasteiger partial charge in [-0.05, 0) is 67.1 Å². The van der Waals surface area contributed by atoms with Gasteiger partial charge >= 0.3 is 0 Å². The number of aryl methyl sites for hydroxylation is 2. The van der Waals surface area contributed by atoms with Crippen LogP contribution in [0.3, 0.4) is 0 Å². The largest absolute Gasteiger partial charge is 0.497 e. The summed E-state index contributed by atoms with van der Waals surface area (Å²) in [4.78, 5) is 36.5. The Morgan fingerprint density at radius 1 is 0.857 bits per heavy atom. The Bertz CT molecular complexity index is 871. The van der Waals surface area contributed by atoms with Crippen LogP contribution in [0.15, 0.2) is 42.5 Å². The van der Waals surface area contributed by atoms with Crippen LogP contribution in [0.2, 0.25) is 0 Å². The Morgan fingerprint density at radius 3 is 2.25 bits per heavy atom. The average molecular weight is 379 g/mol. The number of amides is 1. The Morgan fingerprint density at radius 2 is 1.54 bits per heavy atom. The average Bonchev–Trinajstić information content (AvgIpc) is 2.75. The summed E-state index contributed by atoms with van der Waals surface area (Å²) in [5, 5.41) is 2.59. The van der Waals surface area contributed by atoms with Crippen molar-refractivity contribution in [1.29, 1.82) is 0 Å². The van der Waals surface area contributed by atoms with Gasteiger partial charge in [0.25, 0.3) is 0 Å². The molecule has 0 spiro atoms. The van der Waals surface area contributed by atoms with Crippen LogP contribution in [-0.2, 0) is 17.6 Å². The van der Waals surface area contributed by atoms with Gasteiger partial charge in [-0.25, -0.2) is 0 Å². The summed E-state index contributed by atoms with van der Waals surface area (Å²) in [6.45, 7) is -0.0851. The van der Waals surface area contributed by atoms with Crippen LogP contribution in [-0.4, -0.2) is 31.1 Å². The van der Waals surface area contributed by atoms with E-state index in [1.165, 1.54) is 17.5 Å². The second-order valence-corrected chi connectivity index (χ2v) is 7.04. The third-order valence-corrected chi connectivity index (χ3v) is 5.11. The molecular weight excluding hydrogens is 354 g/mol. The number of benzene rings is 2. The van der Waals surface area contributed by atoms with Crippen molar-refractivity contribution in [3.05, 3.63) is 64.7 Å². The Kier molecular flexibility index (Phi) is 6.58. The van der Waals surface area contributed by atoms with E-state index in [0.29, 0.717) is 16.9 Å². The fraction of sp³-hybridized carbons (Fsp3) is 0.348. The van der Waals surface area contributed by atoms with Crippen molar-refractivity contribution in [3.8, 4) is 5.75 Å². The maximum atomic E-state index is 12.4. The molecule has 0 atom stereocenters. The van der Waals surface area contributed by atoms with E-state index in [4.69, 9.17) is 4.74 Å². The molecule has 2 aromatic carbocycles. The Labute approximate surface area is 165 Å². The van der Waals surface area contributed by atoms with E-state index in [2.05, 4.69) is 5.32 Å². The minimum Gasteiger partial charge on any atom is -0.497 e. The van der Waals surface area contributed by atoms with Gasteiger partial charge in [0.15, 0.2) is 11.6 Å². The number of methoxy groups -OCH3 is 1. The third kappa shape index (κ3) is 5.06. The number of hydrogen-bond acceptors (Lipinski definition) is 4. The van der Waals surface area contributed by atoms with E-state index in [1.54, 1.807) is 31.4 Å². The van der Waals surface area contributed by atoms with E-state index in [1.807, 2.05) is 18.2 Å². The molecule has 0 fully saturated rings. The lowest BCUT2D eigenvalue weighted by atomic mass is 9.89. The van der Waals surface area contributed by atoms with Gasteiger partial charge in [0.1, 0.15) is 5.75 Å². The maximum absolute atomic E-state index is 12.4. The number of fused-ring (bicyclic) bond motifs is 1. The van der Waals surface area contributed by atoms with Crippen LogP contribution in [0.4, 0.5) is 0 Å². The molecule has 146 valence electrons. The quantitative estimate of drug-likeness (QED) is 0.712. The lowest BCUT2D eigenvalue weighted by Crippen LogP contribution is -2.29. The van der Waals surface area contributed by atoms with Crippen molar-refractivity contribution in [2.24, 2.45) is 0 Å². The second kappa shape index (κ2) is 9.31. The zero-order valence-corrected chi connectivity index (χ0v) is 16.1. The Hall–Kier alpha value is -2.95. The fourth-order valence-corrected chi connectivity index (χ4v) is 3.42. The normalized spacial score (nSPS) is 12.8. The van der Waals surface area contributed by atoms with Crippen molar-refractivity contribution >= 4 is 17.5 Å². The lowest BCUT2D eigenvalue weighted by molar-refractivity contribution is -0.120. The minimum absolute atomic E-state index is 0.0370. The number of ketones is 2. The molecule has 0 unspecified atom stereocenters. The first-order chi connectivity index (χ1) is 13.6. The molecule has 0 bridgehead atoms. The number of carbonyl (C=O) groups is 3. The molecule has 0 saturated carbocycles. The highest BCUT2D eigenvalue weighted by atomic mass is 16.5. The van der Waals surface area contributed by atoms with Crippen molar-refractivity contribution < 1.29 is 19.1 Å². The van der Waals surface area contributed by atoms with Crippen molar-refractivity contribution in [2.45, 2.75) is 38.5 Å². The maximum Gasteiger partial charge on any atom is 0.220 e. The van der Waals surface area contributed by atoms with Gasteiger partial charge in [-0.2, -0.15) is 0 Å². The highest BCUT2D eigenvalue weighted by Gasteiger charge is 2.15. The molecule has 1 N–H and O–H groups in total. The minimum atomic E-state index is -0.298. The molecule has 0 radical (unpaired) electrons. The van der Waals surface area contributed by atoms with E-state index in [0.717, 1.165) is 19.3 Å². The summed E-state index contributed by atoms with van der Waals surface area (Å²) >= 11 is 0. The zero-order valence-electron chi connectivity index (χ0n) is 16.1. The van der Waals surface area contributed by atoms with Gasteiger partial charge in [-0.15, -0.1) is 0 Å². The smallest absolute Gasteiger partial charge is 0.220 e.